The van der Waals surface area contributed by atoms with Crippen LogP contribution in [0.5, 0.6) is 0 Å². The highest BCUT2D eigenvalue weighted by molar-refractivity contribution is 5.16. The van der Waals surface area contributed by atoms with Crippen molar-refractivity contribution in [1.29, 1.82) is 0 Å². The molecule has 0 radical (unpaired) electrons. The highest BCUT2D eigenvalue weighted by atomic mass is 16.3. The zero-order chi connectivity index (χ0) is 15.1. The Morgan fingerprint density at radius 1 is 1.10 bits per heavy atom. The van der Waals surface area contributed by atoms with Crippen molar-refractivity contribution < 1.29 is 5.11 Å². The van der Waals surface area contributed by atoms with E-state index in [4.69, 9.17) is 0 Å². The van der Waals surface area contributed by atoms with Crippen molar-refractivity contribution in [1.82, 2.24) is 4.90 Å². The highest BCUT2D eigenvalue weighted by Crippen LogP contribution is 2.47. The molecule has 2 heterocycles. The van der Waals surface area contributed by atoms with Gasteiger partial charge in [0.2, 0.25) is 0 Å². The predicted octanol–water partition coefficient (Wildman–Crippen LogP) is 3.98. The van der Waals surface area contributed by atoms with Gasteiger partial charge in [0, 0.05) is 18.6 Å². The lowest BCUT2D eigenvalue weighted by Gasteiger charge is -2.56. The fourth-order valence-electron chi connectivity index (χ4n) is 4.19. The molecule has 1 aromatic rings. The Labute approximate surface area is 129 Å². The first-order valence-corrected chi connectivity index (χ1v) is 8.41. The molecule has 2 unspecified atom stereocenters. The minimum Gasteiger partial charge on any atom is -0.389 e. The maximum absolute atomic E-state index is 11.2. The molecule has 21 heavy (non-hydrogen) atoms. The molecule has 2 aliphatic heterocycles. The van der Waals surface area contributed by atoms with Crippen molar-refractivity contribution >= 4 is 0 Å². The van der Waals surface area contributed by atoms with Gasteiger partial charge in [0.25, 0.3) is 0 Å². The molecule has 2 heteroatoms. The maximum atomic E-state index is 11.2. The third kappa shape index (κ3) is 2.89. The molecule has 1 N–H and O–H groups in total. The van der Waals surface area contributed by atoms with Crippen LogP contribution in [0.4, 0.5) is 0 Å². The lowest BCUT2D eigenvalue weighted by molar-refractivity contribution is -0.148. The molecule has 2 aliphatic rings. The lowest BCUT2D eigenvalue weighted by Crippen LogP contribution is -2.61. The summed E-state index contributed by atoms with van der Waals surface area (Å²) in [7, 11) is 0. The number of fused-ring (bicyclic) bond motifs is 2. The number of aliphatic hydroxyl groups is 1. The van der Waals surface area contributed by atoms with E-state index < -0.39 is 5.60 Å². The van der Waals surface area contributed by atoms with Crippen LogP contribution in [0.15, 0.2) is 30.3 Å². The van der Waals surface area contributed by atoms with Gasteiger partial charge in [-0.05, 0) is 36.7 Å². The Hall–Kier alpha value is -0.860. The molecule has 2 fully saturated rings. The van der Waals surface area contributed by atoms with Crippen molar-refractivity contribution in [2.75, 3.05) is 0 Å². The van der Waals surface area contributed by atoms with Crippen LogP contribution in [0.25, 0.3) is 0 Å². The second kappa shape index (κ2) is 5.40. The monoisotopic (exact) mass is 287 g/mol. The molecular formula is C19H29NO. The molecule has 0 aromatic heterocycles. The van der Waals surface area contributed by atoms with Gasteiger partial charge in [0.1, 0.15) is 0 Å². The minimum absolute atomic E-state index is 0.0281. The summed E-state index contributed by atoms with van der Waals surface area (Å²) in [5.74, 6) is 0. The summed E-state index contributed by atoms with van der Waals surface area (Å²) in [5, 5.41) is 11.2. The molecule has 2 nitrogen and oxygen atoms in total. The molecule has 0 aliphatic carbocycles. The summed E-state index contributed by atoms with van der Waals surface area (Å²) in [6.45, 7) is 7.61. The normalized spacial score (nSPS) is 33.9. The highest BCUT2D eigenvalue weighted by Gasteiger charge is 2.50. The molecule has 0 spiro atoms. The second-order valence-electron chi connectivity index (χ2n) is 8.09. The van der Waals surface area contributed by atoms with Crippen LogP contribution in [-0.4, -0.2) is 27.7 Å². The van der Waals surface area contributed by atoms with E-state index in [-0.39, 0.29) is 5.41 Å². The number of rotatable bonds is 2. The minimum atomic E-state index is -0.504. The van der Waals surface area contributed by atoms with Gasteiger partial charge in [-0.15, -0.1) is 0 Å². The Bertz CT molecular complexity index is 462. The standard InChI is InChI=1S/C19H29NO/c1-18(2,3)19(21)12-16-10-7-11-17(13-19)20(16)14-15-8-5-4-6-9-15/h4-6,8-9,16-17,21H,7,10-14H2,1-3H3. The summed E-state index contributed by atoms with van der Waals surface area (Å²) in [6.07, 6.45) is 5.66. The Kier molecular flexibility index (Phi) is 3.87. The maximum Gasteiger partial charge on any atom is 0.0725 e. The molecule has 3 rings (SSSR count). The quantitative estimate of drug-likeness (QED) is 0.889. The second-order valence-corrected chi connectivity index (χ2v) is 8.09. The zero-order valence-electron chi connectivity index (χ0n) is 13.7. The van der Waals surface area contributed by atoms with Gasteiger partial charge in [0.05, 0.1) is 5.60 Å². The first kappa shape index (κ1) is 15.1. The summed E-state index contributed by atoms with van der Waals surface area (Å²) >= 11 is 0. The van der Waals surface area contributed by atoms with E-state index in [2.05, 4.69) is 56.0 Å². The first-order valence-electron chi connectivity index (χ1n) is 8.41. The number of hydrogen-bond donors (Lipinski definition) is 1. The van der Waals surface area contributed by atoms with E-state index in [0.29, 0.717) is 12.1 Å². The first-order chi connectivity index (χ1) is 9.89. The van der Waals surface area contributed by atoms with Crippen molar-refractivity contribution in [3.05, 3.63) is 35.9 Å². The van der Waals surface area contributed by atoms with Gasteiger partial charge in [-0.2, -0.15) is 0 Å². The SMILES string of the molecule is CC(C)(C)C1(O)CC2CCCC(C1)N2Cc1ccccc1. The summed E-state index contributed by atoms with van der Waals surface area (Å²) < 4.78 is 0. The molecule has 2 saturated heterocycles. The topological polar surface area (TPSA) is 23.5 Å². The van der Waals surface area contributed by atoms with Crippen LogP contribution < -0.4 is 0 Å². The number of benzene rings is 1. The number of nitrogens with zero attached hydrogens (tertiary/aromatic N) is 1. The summed E-state index contributed by atoms with van der Waals surface area (Å²) in [4.78, 5) is 2.67. The van der Waals surface area contributed by atoms with Gasteiger partial charge >= 0.3 is 0 Å². The Morgan fingerprint density at radius 3 is 2.19 bits per heavy atom. The average molecular weight is 287 g/mol. The van der Waals surface area contributed by atoms with E-state index in [1.807, 2.05) is 0 Å². The fourth-order valence-corrected chi connectivity index (χ4v) is 4.19. The summed E-state index contributed by atoms with van der Waals surface area (Å²) in [5.41, 5.74) is 0.867. The molecule has 0 saturated carbocycles. The van der Waals surface area contributed by atoms with Crippen molar-refractivity contribution in [3.8, 4) is 0 Å². The van der Waals surface area contributed by atoms with Crippen molar-refractivity contribution in [3.63, 3.8) is 0 Å². The van der Waals surface area contributed by atoms with Gasteiger partial charge in [0.15, 0.2) is 0 Å². The smallest absolute Gasteiger partial charge is 0.0725 e. The molecule has 116 valence electrons. The van der Waals surface area contributed by atoms with E-state index in [1.54, 1.807) is 0 Å². The third-order valence-corrected chi connectivity index (χ3v) is 5.76. The van der Waals surface area contributed by atoms with Crippen molar-refractivity contribution in [2.24, 2.45) is 5.41 Å². The van der Waals surface area contributed by atoms with E-state index in [9.17, 15) is 5.11 Å². The van der Waals surface area contributed by atoms with Crippen LogP contribution in [0, 0.1) is 5.41 Å². The van der Waals surface area contributed by atoms with Gasteiger partial charge in [-0.3, -0.25) is 4.90 Å². The Morgan fingerprint density at radius 2 is 1.67 bits per heavy atom. The molecule has 1 aromatic carbocycles. The van der Waals surface area contributed by atoms with E-state index in [1.165, 1.54) is 24.8 Å². The third-order valence-electron chi connectivity index (χ3n) is 5.76. The van der Waals surface area contributed by atoms with Crippen molar-refractivity contribution in [2.45, 2.75) is 77.1 Å². The molecule has 2 bridgehead atoms. The molecule has 0 amide bonds. The average Bonchev–Trinajstić information content (AvgIpc) is 2.40. The van der Waals surface area contributed by atoms with E-state index in [0.717, 1.165) is 19.4 Å². The number of piperidine rings is 2. The van der Waals surface area contributed by atoms with E-state index >= 15 is 0 Å². The van der Waals surface area contributed by atoms with Crippen LogP contribution in [0.1, 0.15) is 58.4 Å². The van der Waals surface area contributed by atoms with Crippen LogP contribution in [0.3, 0.4) is 0 Å². The van der Waals surface area contributed by atoms with Gasteiger partial charge in [-0.25, -0.2) is 0 Å². The van der Waals surface area contributed by atoms with Crippen LogP contribution in [0.2, 0.25) is 0 Å². The largest absolute Gasteiger partial charge is 0.389 e. The predicted molar refractivity (Wildman–Crippen MR) is 87.1 cm³/mol. The Balaban J connectivity index is 1.79. The number of hydrogen-bond acceptors (Lipinski definition) is 2. The lowest BCUT2D eigenvalue weighted by atomic mass is 9.64. The summed E-state index contributed by atoms with van der Waals surface area (Å²) in [6, 6.07) is 11.9. The fraction of sp³-hybridized carbons (Fsp3) is 0.684. The van der Waals surface area contributed by atoms with Gasteiger partial charge < -0.3 is 5.11 Å². The zero-order valence-corrected chi connectivity index (χ0v) is 13.7. The molecule has 2 atom stereocenters. The van der Waals surface area contributed by atoms with Crippen LogP contribution in [-0.2, 0) is 6.54 Å². The van der Waals surface area contributed by atoms with Crippen LogP contribution >= 0.6 is 0 Å². The molecular weight excluding hydrogens is 258 g/mol. The van der Waals surface area contributed by atoms with Gasteiger partial charge in [-0.1, -0.05) is 57.5 Å².